The van der Waals surface area contributed by atoms with E-state index in [-0.39, 0.29) is 16.9 Å². The van der Waals surface area contributed by atoms with E-state index in [1.807, 2.05) is 18.2 Å². The highest BCUT2D eigenvalue weighted by Gasteiger charge is 2.17. The molecule has 8 heteroatoms. The molecule has 0 saturated carbocycles. The van der Waals surface area contributed by atoms with Crippen molar-refractivity contribution in [2.24, 2.45) is 0 Å². The Hall–Kier alpha value is -3.06. The van der Waals surface area contributed by atoms with Crippen molar-refractivity contribution >= 4 is 11.6 Å². The van der Waals surface area contributed by atoms with E-state index in [4.69, 9.17) is 25.8 Å². The smallest absolute Gasteiger partial charge is 0.226 e. The minimum atomic E-state index is 0.00584. The minimum Gasteiger partial charge on any atom is -0.507 e. The number of hydrogen-bond donors (Lipinski definition) is 1. The van der Waals surface area contributed by atoms with Crippen LogP contribution in [0, 0.1) is 0 Å². The molecule has 0 unspecified atom stereocenters. The van der Waals surface area contributed by atoms with E-state index in [1.54, 1.807) is 18.2 Å². The summed E-state index contributed by atoms with van der Waals surface area (Å²) in [4.78, 5) is 13.2. The number of halogens is 1. The van der Waals surface area contributed by atoms with E-state index in [0.717, 1.165) is 44.3 Å². The fourth-order valence-corrected chi connectivity index (χ4v) is 3.43. The number of aromatic nitrogens is 3. The molecule has 188 valence electrons. The molecule has 7 nitrogen and oxygen atoms in total. The van der Waals surface area contributed by atoms with Crippen molar-refractivity contribution in [3.63, 3.8) is 0 Å². The second-order valence-electron chi connectivity index (χ2n) is 8.19. The van der Waals surface area contributed by atoms with E-state index in [0.29, 0.717) is 48.3 Å². The van der Waals surface area contributed by atoms with Crippen LogP contribution in [0.4, 0.5) is 0 Å². The standard InChI is InChI=1S/C27H34ClN3O4/c1-4-7-14-33-19-10-12-21(23(32)17-19)25-29-26(31-27(28)30-25)22-13-11-20(34-15-8-5-2)18-24(22)35-16-9-6-3/h10-13,17-18,32H,4-9,14-16H2,1-3H3. The van der Waals surface area contributed by atoms with Gasteiger partial charge < -0.3 is 19.3 Å². The molecule has 1 aromatic heterocycles. The molecule has 2 aromatic carbocycles. The summed E-state index contributed by atoms with van der Waals surface area (Å²) in [5, 5.41) is 10.6. The van der Waals surface area contributed by atoms with Gasteiger partial charge >= 0.3 is 0 Å². The van der Waals surface area contributed by atoms with Gasteiger partial charge in [0.15, 0.2) is 11.6 Å². The van der Waals surface area contributed by atoms with Gasteiger partial charge in [0, 0.05) is 12.1 Å². The highest BCUT2D eigenvalue weighted by molar-refractivity contribution is 6.28. The molecular weight excluding hydrogens is 466 g/mol. The lowest BCUT2D eigenvalue weighted by molar-refractivity contribution is 0.295. The zero-order chi connectivity index (χ0) is 25.0. The molecule has 0 aliphatic heterocycles. The Labute approximate surface area is 212 Å². The zero-order valence-corrected chi connectivity index (χ0v) is 21.5. The molecule has 0 aliphatic carbocycles. The molecule has 0 spiro atoms. The fourth-order valence-electron chi connectivity index (χ4n) is 3.27. The van der Waals surface area contributed by atoms with Crippen LogP contribution in [0.25, 0.3) is 22.8 Å². The third kappa shape index (κ3) is 7.72. The van der Waals surface area contributed by atoms with Gasteiger partial charge in [0.25, 0.3) is 0 Å². The molecule has 1 heterocycles. The minimum absolute atomic E-state index is 0.00584. The van der Waals surface area contributed by atoms with Crippen molar-refractivity contribution in [1.82, 2.24) is 15.0 Å². The summed E-state index contributed by atoms with van der Waals surface area (Å²) in [5.41, 5.74) is 1.11. The third-order valence-corrected chi connectivity index (χ3v) is 5.47. The second kappa shape index (κ2) is 13.7. The van der Waals surface area contributed by atoms with Crippen molar-refractivity contribution < 1.29 is 19.3 Å². The number of unbranched alkanes of at least 4 members (excludes halogenated alkanes) is 3. The highest BCUT2D eigenvalue weighted by atomic mass is 35.5. The van der Waals surface area contributed by atoms with Gasteiger partial charge in [-0.15, -0.1) is 0 Å². The van der Waals surface area contributed by atoms with Crippen LogP contribution in [0.15, 0.2) is 36.4 Å². The predicted octanol–water partition coefficient (Wildman–Crippen LogP) is 7.10. The number of nitrogens with zero attached hydrogens (tertiary/aromatic N) is 3. The Morgan fingerprint density at radius 3 is 1.77 bits per heavy atom. The largest absolute Gasteiger partial charge is 0.507 e. The van der Waals surface area contributed by atoms with Crippen molar-refractivity contribution in [3.8, 4) is 45.8 Å². The van der Waals surface area contributed by atoms with E-state index in [1.165, 1.54) is 0 Å². The third-order valence-electron chi connectivity index (χ3n) is 5.30. The van der Waals surface area contributed by atoms with Gasteiger partial charge in [-0.2, -0.15) is 9.97 Å². The lowest BCUT2D eigenvalue weighted by atomic mass is 10.1. The van der Waals surface area contributed by atoms with Crippen LogP contribution in [0.5, 0.6) is 23.0 Å². The summed E-state index contributed by atoms with van der Waals surface area (Å²) in [7, 11) is 0. The van der Waals surface area contributed by atoms with Crippen LogP contribution >= 0.6 is 11.6 Å². The molecule has 0 saturated heterocycles. The van der Waals surface area contributed by atoms with Crippen molar-refractivity contribution in [1.29, 1.82) is 0 Å². The molecule has 35 heavy (non-hydrogen) atoms. The Balaban J connectivity index is 1.93. The normalized spacial score (nSPS) is 10.9. The molecule has 0 fully saturated rings. The fraction of sp³-hybridized carbons (Fsp3) is 0.444. The lowest BCUT2D eigenvalue weighted by Gasteiger charge is -2.14. The quantitative estimate of drug-likeness (QED) is 0.236. The summed E-state index contributed by atoms with van der Waals surface area (Å²) in [6.07, 6.45) is 5.95. The van der Waals surface area contributed by atoms with Gasteiger partial charge in [-0.25, -0.2) is 4.98 Å². The maximum absolute atomic E-state index is 10.6. The van der Waals surface area contributed by atoms with Gasteiger partial charge in [0.2, 0.25) is 5.28 Å². The molecule has 0 amide bonds. The van der Waals surface area contributed by atoms with Crippen molar-refractivity contribution in [2.75, 3.05) is 19.8 Å². The summed E-state index contributed by atoms with van der Waals surface area (Å²) < 4.78 is 17.6. The number of benzene rings is 2. The van der Waals surface area contributed by atoms with E-state index < -0.39 is 0 Å². The Bertz CT molecular complexity index is 1090. The Kier molecular flexibility index (Phi) is 10.4. The van der Waals surface area contributed by atoms with Gasteiger partial charge in [-0.3, -0.25) is 0 Å². The molecule has 3 rings (SSSR count). The molecule has 0 bridgehead atoms. The van der Waals surface area contributed by atoms with Crippen molar-refractivity contribution in [3.05, 3.63) is 41.7 Å². The zero-order valence-electron chi connectivity index (χ0n) is 20.7. The average Bonchev–Trinajstić information content (AvgIpc) is 2.84. The number of hydrogen-bond acceptors (Lipinski definition) is 7. The summed E-state index contributed by atoms with van der Waals surface area (Å²) >= 11 is 6.28. The average molecular weight is 500 g/mol. The van der Waals surface area contributed by atoms with Crippen LogP contribution in [0.3, 0.4) is 0 Å². The van der Waals surface area contributed by atoms with Crippen molar-refractivity contribution in [2.45, 2.75) is 59.3 Å². The first-order chi connectivity index (χ1) is 17.0. The van der Waals surface area contributed by atoms with Crippen LogP contribution < -0.4 is 14.2 Å². The first-order valence-electron chi connectivity index (χ1n) is 12.3. The highest BCUT2D eigenvalue weighted by Crippen LogP contribution is 2.35. The van der Waals surface area contributed by atoms with Gasteiger partial charge in [-0.1, -0.05) is 40.0 Å². The molecule has 0 aliphatic rings. The Morgan fingerprint density at radius 2 is 1.20 bits per heavy atom. The lowest BCUT2D eigenvalue weighted by Crippen LogP contribution is -2.03. The van der Waals surface area contributed by atoms with Crippen LogP contribution in [0.1, 0.15) is 59.3 Å². The first-order valence-corrected chi connectivity index (χ1v) is 12.7. The molecular formula is C27H34ClN3O4. The molecule has 0 radical (unpaired) electrons. The number of aromatic hydroxyl groups is 1. The monoisotopic (exact) mass is 499 g/mol. The van der Waals surface area contributed by atoms with Gasteiger partial charge in [0.1, 0.15) is 23.0 Å². The van der Waals surface area contributed by atoms with E-state index >= 15 is 0 Å². The predicted molar refractivity (Wildman–Crippen MR) is 139 cm³/mol. The number of rotatable bonds is 14. The number of ether oxygens (including phenoxy) is 3. The summed E-state index contributed by atoms with van der Waals surface area (Å²) in [5.74, 6) is 2.56. The van der Waals surface area contributed by atoms with E-state index in [2.05, 4.69) is 35.7 Å². The van der Waals surface area contributed by atoms with E-state index in [9.17, 15) is 5.11 Å². The van der Waals surface area contributed by atoms with Crippen LogP contribution in [-0.2, 0) is 0 Å². The SMILES string of the molecule is CCCCOc1ccc(-c2nc(Cl)nc(-c3ccc(OCCCC)cc3OCCCC)n2)c(O)c1. The Morgan fingerprint density at radius 1 is 0.686 bits per heavy atom. The number of phenols is 1. The summed E-state index contributed by atoms with van der Waals surface area (Å²) in [6, 6.07) is 10.7. The first kappa shape index (κ1) is 26.5. The molecule has 1 N–H and O–H groups in total. The van der Waals surface area contributed by atoms with Gasteiger partial charge in [-0.05, 0) is 55.1 Å². The van der Waals surface area contributed by atoms with Crippen LogP contribution in [0.2, 0.25) is 5.28 Å². The topological polar surface area (TPSA) is 86.6 Å². The maximum atomic E-state index is 10.6. The van der Waals surface area contributed by atoms with Crippen LogP contribution in [-0.4, -0.2) is 39.9 Å². The van der Waals surface area contributed by atoms with Gasteiger partial charge in [0.05, 0.1) is 30.9 Å². The number of phenolic OH excluding ortho intramolecular Hbond substituents is 1. The second-order valence-corrected chi connectivity index (χ2v) is 8.53. The molecule has 3 aromatic rings. The maximum Gasteiger partial charge on any atom is 0.226 e. The summed E-state index contributed by atoms with van der Waals surface area (Å²) in [6.45, 7) is 8.13. The molecule has 0 atom stereocenters.